The first-order valence-electron chi connectivity index (χ1n) is 6.74. The van der Waals surface area contributed by atoms with E-state index < -0.39 is 0 Å². The summed E-state index contributed by atoms with van der Waals surface area (Å²) in [5.41, 5.74) is 4.40. The monoisotopic (exact) mass is 287 g/mol. The van der Waals surface area contributed by atoms with Gasteiger partial charge < -0.3 is 9.55 Å². The minimum atomic E-state index is 0.756. The van der Waals surface area contributed by atoms with Gasteiger partial charge in [0.25, 0.3) is 0 Å². The number of hydrogen-bond donors (Lipinski definition) is 1. The molecular weight excluding hydrogens is 270 g/mol. The summed E-state index contributed by atoms with van der Waals surface area (Å²) >= 11 is 5.44. The molecule has 0 spiro atoms. The molecule has 0 fully saturated rings. The lowest BCUT2D eigenvalue weighted by molar-refractivity contribution is 0.661. The normalized spacial score (nSPS) is 11.3. The molecule has 0 amide bonds. The lowest BCUT2D eigenvalue weighted by atomic mass is 10.2. The molecule has 104 valence electrons. The Morgan fingerprint density at radius 3 is 2.95 bits per heavy atom. The van der Waals surface area contributed by atoms with Crippen molar-refractivity contribution in [2.24, 2.45) is 7.05 Å². The van der Waals surface area contributed by atoms with E-state index in [1.54, 1.807) is 6.20 Å². The zero-order valence-corrected chi connectivity index (χ0v) is 12.4. The first kappa shape index (κ1) is 13.1. The van der Waals surface area contributed by atoms with Gasteiger partial charge in [-0.05, 0) is 36.7 Å². The fourth-order valence-electron chi connectivity index (χ4n) is 2.52. The molecule has 0 aliphatic carbocycles. The molecule has 6 heteroatoms. The Morgan fingerprint density at radius 1 is 1.40 bits per heavy atom. The van der Waals surface area contributed by atoms with E-state index in [0.717, 1.165) is 41.0 Å². The molecule has 1 N–H and O–H groups in total. The van der Waals surface area contributed by atoms with Crippen LogP contribution in [0.15, 0.2) is 24.5 Å². The number of H-pyrrole nitrogens is 1. The van der Waals surface area contributed by atoms with Crippen LogP contribution < -0.4 is 0 Å². The van der Waals surface area contributed by atoms with Crippen molar-refractivity contribution in [3.8, 4) is 0 Å². The molecule has 0 bridgehead atoms. The summed E-state index contributed by atoms with van der Waals surface area (Å²) in [5.74, 6) is 0. The number of imidazole rings is 1. The number of pyridine rings is 1. The SMILES string of the molecule is CCc1nn(C)c2c1[nH]c(=S)n2CCc1cccnc1. The Balaban J connectivity index is 1.97. The molecule has 20 heavy (non-hydrogen) atoms. The van der Waals surface area contributed by atoms with Gasteiger partial charge in [-0.25, -0.2) is 0 Å². The van der Waals surface area contributed by atoms with Crippen LogP contribution in [0.5, 0.6) is 0 Å². The maximum atomic E-state index is 5.44. The first-order valence-corrected chi connectivity index (χ1v) is 7.14. The van der Waals surface area contributed by atoms with Gasteiger partial charge in [0.2, 0.25) is 0 Å². The van der Waals surface area contributed by atoms with E-state index in [2.05, 4.69) is 32.6 Å². The third-order valence-electron chi connectivity index (χ3n) is 3.50. The summed E-state index contributed by atoms with van der Waals surface area (Å²) < 4.78 is 4.78. The van der Waals surface area contributed by atoms with Gasteiger partial charge in [0.15, 0.2) is 10.4 Å². The molecule has 0 atom stereocenters. The summed E-state index contributed by atoms with van der Waals surface area (Å²) in [5, 5.41) is 4.53. The van der Waals surface area contributed by atoms with Crippen molar-refractivity contribution in [1.82, 2.24) is 24.3 Å². The molecule has 3 heterocycles. The highest BCUT2D eigenvalue weighted by Crippen LogP contribution is 2.18. The highest BCUT2D eigenvalue weighted by Gasteiger charge is 2.13. The molecule has 3 rings (SSSR count). The fourth-order valence-corrected chi connectivity index (χ4v) is 2.80. The van der Waals surface area contributed by atoms with Crippen molar-refractivity contribution in [2.45, 2.75) is 26.3 Å². The van der Waals surface area contributed by atoms with Gasteiger partial charge in [0.1, 0.15) is 5.52 Å². The van der Waals surface area contributed by atoms with Gasteiger partial charge in [0, 0.05) is 26.0 Å². The van der Waals surface area contributed by atoms with Crippen molar-refractivity contribution in [3.05, 3.63) is 40.6 Å². The Hall–Kier alpha value is -1.95. The lowest BCUT2D eigenvalue weighted by Crippen LogP contribution is -2.05. The number of nitrogens with zero attached hydrogens (tertiary/aromatic N) is 4. The topological polar surface area (TPSA) is 51.4 Å². The predicted molar refractivity (Wildman–Crippen MR) is 81.2 cm³/mol. The number of fused-ring (bicyclic) bond motifs is 1. The standard InChI is InChI=1S/C14H17N5S/c1-3-11-12-13(18(2)17-11)19(14(20)16-12)8-6-10-5-4-7-15-9-10/h4-5,7,9H,3,6,8H2,1-2H3,(H,16,20). The number of aryl methyl sites for hydroxylation is 4. The highest BCUT2D eigenvalue weighted by atomic mass is 32.1. The van der Waals surface area contributed by atoms with Crippen LogP contribution in [0, 0.1) is 4.77 Å². The van der Waals surface area contributed by atoms with Crippen LogP contribution in [-0.4, -0.2) is 24.3 Å². The second kappa shape index (κ2) is 5.20. The minimum Gasteiger partial charge on any atom is -0.328 e. The zero-order valence-electron chi connectivity index (χ0n) is 11.6. The molecule has 0 saturated carbocycles. The molecule has 3 aromatic rings. The summed E-state index contributed by atoms with van der Waals surface area (Å²) in [6.45, 7) is 2.93. The van der Waals surface area contributed by atoms with Crippen LogP contribution in [0.2, 0.25) is 0 Å². The van der Waals surface area contributed by atoms with Crippen molar-refractivity contribution in [2.75, 3.05) is 0 Å². The first-order chi connectivity index (χ1) is 9.70. The number of hydrogen-bond acceptors (Lipinski definition) is 3. The van der Waals surface area contributed by atoms with E-state index in [0.29, 0.717) is 0 Å². The zero-order chi connectivity index (χ0) is 14.1. The van der Waals surface area contributed by atoms with E-state index in [1.165, 1.54) is 5.56 Å². The van der Waals surface area contributed by atoms with Crippen LogP contribution >= 0.6 is 12.2 Å². The van der Waals surface area contributed by atoms with E-state index in [1.807, 2.05) is 24.0 Å². The molecule has 3 aromatic heterocycles. The molecule has 0 aromatic carbocycles. The number of aromatic nitrogens is 5. The molecule has 0 aliphatic rings. The van der Waals surface area contributed by atoms with Gasteiger partial charge in [-0.1, -0.05) is 13.0 Å². The highest BCUT2D eigenvalue weighted by molar-refractivity contribution is 7.71. The third kappa shape index (κ3) is 2.16. The van der Waals surface area contributed by atoms with Crippen LogP contribution in [0.4, 0.5) is 0 Å². The van der Waals surface area contributed by atoms with E-state index in [-0.39, 0.29) is 0 Å². The number of rotatable bonds is 4. The summed E-state index contributed by atoms with van der Waals surface area (Å²) in [4.78, 5) is 7.43. The number of aromatic amines is 1. The second-order valence-electron chi connectivity index (χ2n) is 4.82. The van der Waals surface area contributed by atoms with Crippen molar-refractivity contribution in [3.63, 3.8) is 0 Å². The summed E-state index contributed by atoms with van der Waals surface area (Å²) in [6, 6.07) is 4.04. The lowest BCUT2D eigenvalue weighted by Gasteiger charge is -2.04. The van der Waals surface area contributed by atoms with Crippen LogP contribution in [-0.2, 0) is 26.4 Å². The third-order valence-corrected chi connectivity index (χ3v) is 3.83. The predicted octanol–water partition coefficient (Wildman–Crippen LogP) is 2.63. The molecule has 0 saturated heterocycles. The van der Waals surface area contributed by atoms with Crippen LogP contribution in [0.3, 0.4) is 0 Å². The second-order valence-corrected chi connectivity index (χ2v) is 5.20. The van der Waals surface area contributed by atoms with Crippen LogP contribution in [0.1, 0.15) is 18.2 Å². The van der Waals surface area contributed by atoms with Gasteiger partial charge >= 0.3 is 0 Å². The quantitative estimate of drug-likeness (QED) is 0.751. The molecule has 0 unspecified atom stereocenters. The van der Waals surface area contributed by atoms with Gasteiger partial charge in [-0.3, -0.25) is 9.67 Å². The number of nitrogens with one attached hydrogen (secondary N) is 1. The van der Waals surface area contributed by atoms with Gasteiger partial charge in [0.05, 0.1) is 5.69 Å². The summed E-state index contributed by atoms with van der Waals surface area (Å²) in [7, 11) is 1.96. The fraction of sp³-hybridized carbons (Fsp3) is 0.357. The smallest absolute Gasteiger partial charge is 0.179 e. The Bertz CT molecular complexity index is 781. The molecule has 5 nitrogen and oxygen atoms in total. The minimum absolute atomic E-state index is 0.756. The van der Waals surface area contributed by atoms with Gasteiger partial charge in [-0.15, -0.1) is 0 Å². The van der Waals surface area contributed by atoms with Crippen molar-refractivity contribution in [1.29, 1.82) is 0 Å². The van der Waals surface area contributed by atoms with E-state index >= 15 is 0 Å². The average molecular weight is 287 g/mol. The van der Waals surface area contributed by atoms with Crippen LogP contribution in [0.25, 0.3) is 11.2 Å². The van der Waals surface area contributed by atoms with Crippen molar-refractivity contribution < 1.29 is 0 Å². The van der Waals surface area contributed by atoms with E-state index in [9.17, 15) is 0 Å². The Labute approximate surface area is 122 Å². The summed E-state index contributed by atoms with van der Waals surface area (Å²) in [6.07, 6.45) is 5.49. The maximum Gasteiger partial charge on any atom is 0.179 e. The molecule has 0 aliphatic heterocycles. The molecular formula is C14H17N5S. The average Bonchev–Trinajstić information content (AvgIpc) is 2.95. The Morgan fingerprint density at radius 2 is 2.25 bits per heavy atom. The largest absolute Gasteiger partial charge is 0.328 e. The maximum absolute atomic E-state index is 5.44. The van der Waals surface area contributed by atoms with Gasteiger partial charge in [-0.2, -0.15) is 5.10 Å². The Kier molecular flexibility index (Phi) is 3.40. The van der Waals surface area contributed by atoms with Crippen molar-refractivity contribution >= 4 is 23.4 Å². The molecule has 0 radical (unpaired) electrons. The van der Waals surface area contributed by atoms with E-state index in [4.69, 9.17) is 12.2 Å².